The van der Waals surface area contributed by atoms with Crippen molar-refractivity contribution in [3.05, 3.63) is 47.6 Å². The average molecular weight is 1030 g/mol. The largest absolute Gasteiger partial charge is 0.460 e. The van der Waals surface area contributed by atoms with E-state index in [1.54, 1.807) is 40.9 Å². The van der Waals surface area contributed by atoms with E-state index in [4.69, 9.17) is 28.4 Å². The molecule has 4 N–H and O–H groups in total. The van der Waals surface area contributed by atoms with Crippen molar-refractivity contribution in [1.82, 2.24) is 4.90 Å². The summed E-state index contributed by atoms with van der Waals surface area (Å²) in [6.45, 7) is 12.7. The number of amides is 1. The van der Waals surface area contributed by atoms with E-state index in [0.29, 0.717) is 69.8 Å². The Morgan fingerprint density at radius 1 is 0.863 bits per heavy atom. The van der Waals surface area contributed by atoms with Gasteiger partial charge in [-0.25, -0.2) is 4.79 Å². The van der Waals surface area contributed by atoms with Crippen molar-refractivity contribution in [3.8, 4) is 0 Å². The molecule has 17 heteroatoms. The number of piperidine rings is 1. The summed E-state index contributed by atoms with van der Waals surface area (Å²) in [6.07, 6.45) is 9.76. The summed E-state index contributed by atoms with van der Waals surface area (Å²) < 4.78 is 35.4. The number of esters is 2. The highest BCUT2D eigenvalue weighted by Crippen LogP contribution is 2.38. The van der Waals surface area contributed by atoms with Gasteiger partial charge >= 0.3 is 11.9 Å². The third kappa shape index (κ3) is 16.0. The van der Waals surface area contributed by atoms with Crippen molar-refractivity contribution < 1.29 is 77.6 Å². The molecule has 0 aromatic carbocycles. The second kappa shape index (κ2) is 28.3. The Labute approximate surface area is 433 Å². The summed E-state index contributed by atoms with van der Waals surface area (Å²) in [5.41, 5.74) is -0.277. The van der Waals surface area contributed by atoms with Crippen LogP contribution in [0.25, 0.3) is 0 Å². The van der Waals surface area contributed by atoms with Crippen molar-refractivity contribution >= 4 is 35.2 Å². The van der Waals surface area contributed by atoms with Gasteiger partial charge in [0.05, 0.1) is 31.5 Å². The monoisotopic (exact) mass is 1030 g/mol. The lowest BCUT2D eigenvalue weighted by molar-refractivity contribution is -0.265. The van der Waals surface area contributed by atoms with Crippen LogP contribution < -0.4 is 0 Å². The Balaban J connectivity index is 1.69. The average Bonchev–Trinajstić information content (AvgIpc) is 3.37. The maximum absolute atomic E-state index is 14.5. The predicted octanol–water partition coefficient (Wildman–Crippen LogP) is 5.72. The van der Waals surface area contributed by atoms with Gasteiger partial charge in [-0.3, -0.25) is 24.0 Å². The second-order valence-corrected chi connectivity index (χ2v) is 21.8. The van der Waals surface area contributed by atoms with Gasteiger partial charge < -0.3 is 53.7 Å². The van der Waals surface area contributed by atoms with E-state index in [1.807, 2.05) is 51.2 Å². The van der Waals surface area contributed by atoms with Gasteiger partial charge in [-0.15, -0.1) is 0 Å². The maximum atomic E-state index is 14.5. The molecule has 1 saturated carbocycles. The standard InChI is InChI=1S/C56H87NO16/c1-33-17-13-12-14-18-34(2)45(68-9)29-41-22-20-39(7)56(67,73-41)51(63)52(64)57-24-16-15-19-42(57)53(65)71-46(30-43(60)35(3)26-38(6)49(62)50(70-11)48(61)37(5)25-33)36(4)27-40-21-23-44(47(28-40)69-10)72-54(66)55(8,31-58)32-59/h12-14,17-18,26,33,35-37,39-42,44-47,49-50,58-59,62,67H,15-16,19-25,27-32H2,1-11H3/b14-12+,17-13+,34-18+,38-26+/t33-,35-,36-,37-,39-,40-,41+,42+,44?,45+,46+,47-,49-,50?,56-/m1/s1. The fourth-order valence-corrected chi connectivity index (χ4v) is 10.7. The number of rotatable bonds is 10. The zero-order chi connectivity index (χ0) is 54.4. The summed E-state index contributed by atoms with van der Waals surface area (Å²) in [7, 11) is 4.43. The zero-order valence-corrected chi connectivity index (χ0v) is 45.3. The van der Waals surface area contributed by atoms with Crippen LogP contribution in [0.5, 0.6) is 0 Å². The maximum Gasteiger partial charge on any atom is 0.329 e. The second-order valence-electron chi connectivity index (χ2n) is 21.8. The number of aliphatic hydroxyl groups excluding tert-OH is 3. The molecule has 3 fully saturated rings. The number of ketones is 3. The van der Waals surface area contributed by atoms with Crippen LogP contribution in [0.3, 0.4) is 0 Å². The molecule has 73 heavy (non-hydrogen) atoms. The first-order chi connectivity index (χ1) is 34.5. The number of hydrogen-bond donors (Lipinski definition) is 4. The van der Waals surface area contributed by atoms with Crippen molar-refractivity contribution in [2.45, 2.75) is 187 Å². The van der Waals surface area contributed by atoms with Crippen molar-refractivity contribution in [3.63, 3.8) is 0 Å². The number of ether oxygens (including phenoxy) is 6. The van der Waals surface area contributed by atoms with E-state index in [9.17, 15) is 49.2 Å². The molecule has 0 radical (unpaired) electrons. The number of allylic oxidation sites excluding steroid dienone is 6. The third-order valence-corrected chi connectivity index (χ3v) is 15.9. The Hall–Kier alpha value is -3.94. The van der Waals surface area contributed by atoms with Gasteiger partial charge in [0.2, 0.25) is 5.79 Å². The summed E-state index contributed by atoms with van der Waals surface area (Å²) in [6, 6.07) is -1.20. The number of methoxy groups -OCH3 is 3. The Morgan fingerprint density at radius 2 is 1.56 bits per heavy atom. The summed E-state index contributed by atoms with van der Waals surface area (Å²) >= 11 is 0. The number of Topliss-reactive ketones (excluding diaryl/α,β-unsaturated/α-hetero) is 3. The van der Waals surface area contributed by atoms with Crippen molar-refractivity contribution in [2.75, 3.05) is 41.1 Å². The number of carbonyl (C=O) groups excluding carboxylic acids is 6. The minimum atomic E-state index is -2.47. The molecule has 4 aliphatic rings. The first-order valence-electron chi connectivity index (χ1n) is 26.4. The van der Waals surface area contributed by atoms with Crippen LogP contribution in [0.1, 0.15) is 132 Å². The van der Waals surface area contributed by atoms with Crippen LogP contribution in [-0.2, 0) is 57.2 Å². The fraction of sp³-hybridized carbons (Fsp3) is 0.750. The lowest BCUT2D eigenvalue weighted by Gasteiger charge is -2.42. The Bertz CT molecular complexity index is 2010. The lowest BCUT2D eigenvalue weighted by Crippen LogP contribution is -2.61. The molecule has 0 spiro atoms. The van der Waals surface area contributed by atoms with Gasteiger partial charge in [0.25, 0.3) is 11.7 Å². The molecule has 4 rings (SSSR count). The first-order valence-corrected chi connectivity index (χ1v) is 26.4. The molecular weight excluding hydrogens is 943 g/mol. The normalized spacial score (nSPS) is 37.4. The van der Waals surface area contributed by atoms with Gasteiger partial charge in [0.1, 0.15) is 41.7 Å². The van der Waals surface area contributed by atoms with Gasteiger partial charge in [0, 0.05) is 58.5 Å². The number of cyclic esters (lactones) is 1. The molecule has 0 aromatic rings. The summed E-state index contributed by atoms with van der Waals surface area (Å²) in [5, 5.41) is 43.1. The van der Waals surface area contributed by atoms with Crippen LogP contribution >= 0.6 is 0 Å². The quantitative estimate of drug-likeness (QED) is 0.116. The molecule has 0 aromatic heterocycles. The first kappa shape index (κ1) is 61.6. The van der Waals surface area contributed by atoms with Crippen LogP contribution in [0, 0.1) is 40.9 Å². The topological polar surface area (TPSA) is 242 Å². The third-order valence-electron chi connectivity index (χ3n) is 15.9. The van der Waals surface area contributed by atoms with E-state index in [-0.39, 0.29) is 42.8 Å². The van der Waals surface area contributed by atoms with Gasteiger partial charge in [0.15, 0.2) is 5.78 Å². The van der Waals surface area contributed by atoms with Crippen LogP contribution in [0.4, 0.5) is 0 Å². The fourth-order valence-electron chi connectivity index (χ4n) is 10.7. The minimum Gasteiger partial charge on any atom is -0.460 e. The number of nitrogens with zero attached hydrogens (tertiary/aromatic N) is 1. The highest BCUT2D eigenvalue weighted by atomic mass is 16.6. The summed E-state index contributed by atoms with van der Waals surface area (Å²) in [5.74, 6) is -9.36. The van der Waals surface area contributed by atoms with Crippen molar-refractivity contribution in [2.24, 2.45) is 40.9 Å². The van der Waals surface area contributed by atoms with Gasteiger partial charge in [-0.2, -0.15) is 0 Å². The van der Waals surface area contributed by atoms with E-state index in [2.05, 4.69) is 0 Å². The van der Waals surface area contributed by atoms with Gasteiger partial charge in [-0.1, -0.05) is 71.1 Å². The van der Waals surface area contributed by atoms with Crippen LogP contribution in [-0.4, -0.2) is 156 Å². The molecule has 17 nitrogen and oxygen atoms in total. The molecule has 3 heterocycles. The molecule has 1 aliphatic carbocycles. The number of fused-ring (bicyclic) bond motifs is 3. The van der Waals surface area contributed by atoms with Crippen LogP contribution in [0.15, 0.2) is 47.6 Å². The van der Waals surface area contributed by atoms with Crippen molar-refractivity contribution in [1.29, 1.82) is 0 Å². The molecule has 2 unspecified atom stereocenters. The zero-order valence-electron chi connectivity index (χ0n) is 45.3. The highest BCUT2D eigenvalue weighted by molar-refractivity contribution is 6.39. The van der Waals surface area contributed by atoms with E-state index in [0.717, 1.165) is 10.5 Å². The van der Waals surface area contributed by atoms with E-state index < -0.39 is 120 Å². The Morgan fingerprint density at radius 3 is 2.21 bits per heavy atom. The number of aliphatic hydroxyl groups is 4. The number of carbonyl (C=O) groups is 6. The number of hydrogen-bond acceptors (Lipinski definition) is 16. The highest BCUT2D eigenvalue weighted by Gasteiger charge is 2.53. The van der Waals surface area contributed by atoms with Gasteiger partial charge in [-0.05, 0) is 114 Å². The van der Waals surface area contributed by atoms with E-state index in [1.165, 1.54) is 21.1 Å². The summed E-state index contributed by atoms with van der Waals surface area (Å²) in [4.78, 5) is 85.4. The van der Waals surface area contributed by atoms with E-state index >= 15 is 0 Å². The SMILES string of the molecule is COC1C(=O)[C@H](C)C[C@H](C)/C=C/C=C/C=C(\C)[C@@H](OC)C[C@@H]2CC[C@@H](C)[C@@](O)(O2)C(=O)C(=O)N2CCCC[C@H]2C(=O)O[C@H]([C@H](C)C[C@H]2CCC(OC(=O)C(C)(CO)CO)[C@H](OC)C2)CC(=O)[C@H](C)/C=C(\C)[C@H]1O. The molecule has 2 saturated heterocycles. The molecule has 15 atom stereocenters. The Kier molecular flexibility index (Phi) is 23.9. The smallest absolute Gasteiger partial charge is 0.329 e. The molecular formula is C56H87NO16. The molecule has 2 bridgehead atoms. The predicted molar refractivity (Wildman–Crippen MR) is 271 cm³/mol. The van der Waals surface area contributed by atoms with Crippen LogP contribution in [0.2, 0.25) is 0 Å². The lowest BCUT2D eigenvalue weighted by atomic mass is 9.78. The molecule has 412 valence electrons. The molecule has 1 amide bonds. The molecule has 3 aliphatic heterocycles. The minimum absolute atomic E-state index is 0.00697.